The van der Waals surface area contributed by atoms with Crippen molar-refractivity contribution in [2.75, 3.05) is 6.54 Å². The number of hydrogen-bond acceptors (Lipinski definition) is 9. The SMILES string of the molecule is CCN(N=O)C(=O)NC(O)[C@H]1O[C@](O)(CC)[C@H](O)[C@@H](O)[C@@H]1O. The Morgan fingerprint density at radius 3 is 2.41 bits per heavy atom. The number of nitroso groups, excluding NO2 is 1. The number of rotatable bonds is 5. The number of carbonyl (C=O) groups excluding carboxylic acids is 1. The lowest BCUT2D eigenvalue weighted by atomic mass is 9.90. The van der Waals surface area contributed by atoms with E-state index in [2.05, 4.69) is 5.29 Å². The van der Waals surface area contributed by atoms with Crippen LogP contribution in [-0.2, 0) is 4.74 Å². The summed E-state index contributed by atoms with van der Waals surface area (Å²) in [7, 11) is 0. The van der Waals surface area contributed by atoms with Gasteiger partial charge < -0.3 is 35.6 Å². The molecule has 0 aromatic heterocycles. The van der Waals surface area contributed by atoms with E-state index >= 15 is 0 Å². The lowest BCUT2D eigenvalue weighted by Gasteiger charge is -2.46. The molecule has 6 N–H and O–H groups in total. The Bertz CT molecular complexity index is 411. The maximum atomic E-state index is 11.6. The number of carbonyl (C=O) groups is 1. The third-order valence-corrected chi connectivity index (χ3v) is 3.53. The summed E-state index contributed by atoms with van der Waals surface area (Å²) in [5.74, 6) is -2.21. The number of aliphatic hydroxyl groups is 5. The van der Waals surface area contributed by atoms with E-state index in [1.165, 1.54) is 13.8 Å². The summed E-state index contributed by atoms with van der Waals surface area (Å²) in [5, 5.41) is 54.0. The standard InChI is InChI=1S/C11H21N3O8/c1-3-11(20)8(17)6(16)5(15)7(22-11)9(18)12-10(19)14(4-2)13-21/h5-9,15-18,20H,3-4H2,1-2H3,(H,12,19)/t5-,6-,7-,8+,9?,11+/m0/s1. The highest BCUT2D eigenvalue weighted by molar-refractivity contribution is 5.73. The number of urea groups is 1. The van der Waals surface area contributed by atoms with Crippen molar-refractivity contribution < 1.29 is 35.1 Å². The van der Waals surface area contributed by atoms with Crippen LogP contribution in [0.2, 0.25) is 0 Å². The van der Waals surface area contributed by atoms with Crippen LogP contribution in [-0.4, -0.2) is 79.5 Å². The van der Waals surface area contributed by atoms with Crippen molar-refractivity contribution in [1.82, 2.24) is 10.3 Å². The predicted molar refractivity (Wildman–Crippen MR) is 70.8 cm³/mol. The van der Waals surface area contributed by atoms with Crippen LogP contribution in [0.5, 0.6) is 0 Å². The number of amides is 2. The number of aliphatic hydroxyl groups excluding tert-OH is 4. The molecule has 11 heteroatoms. The van der Waals surface area contributed by atoms with Crippen LogP contribution >= 0.6 is 0 Å². The molecule has 1 aliphatic rings. The summed E-state index contributed by atoms with van der Waals surface area (Å²) in [4.78, 5) is 22.0. The van der Waals surface area contributed by atoms with Crippen molar-refractivity contribution in [2.24, 2.45) is 5.29 Å². The van der Waals surface area contributed by atoms with E-state index in [-0.39, 0.29) is 13.0 Å². The third-order valence-electron chi connectivity index (χ3n) is 3.53. The molecule has 0 saturated carbocycles. The van der Waals surface area contributed by atoms with Crippen LogP contribution in [0.25, 0.3) is 0 Å². The highest BCUT2D eigenvalue weighted by atomic mass is 16.7. The zero-order valence-electron chi connectivity index (χ0n) is 12.2. The number of hydrogen-bond donors (Lipinski definition) is 6. The van der Waals surface area contributed by atoms with Gasteiger partial charge in [0, 0.05) is 13.0 Å². The first-order chi connectivity index (χ1) is 10.2. The van der Waals surface area contributed by atoms with Crippen LogP contribution in [0.15, 0.2) is 5.29 Å². The van der Waals surface area contributed by atoms with Gasteiger partial charge in [0.1, 0.15) is 24.4 Å². The van der Waals surface area contributed by atoms with Gasteiger partial charge in [-0.1, -0.05) is 6.92 Å². The van der Waals surface area contributed by atoms with Gasteiger partial charge >= 0.3 is 6.03 Å². The highest BCUT2D eigenvalue weighted by Crippen LogP contribution is 2.31. The number of nitrogens with zero attached hydrogens (tertiary/aromatic N) is 2. The lowest BCUT2D eigenvalue weighted by molar-refractivity contribution is -0.358. The second-order valence-electron chi connectivity index (χ2n) is 4.90. The smallest absolute Gasteiger partial charge is 0.342 e. The van der Waals surface area contributed by atoms with Crippen LogP contribution in [0.4, 0.5) is 4.79 Å². The Labute approximate surface area is 126 Å². The molecule has 0 aromatic rings. The van der Waals surface area contributed by atoms with Crippen LogP contribution in [0.1, 0.15) is 20.3 Å². The second kappa shape index (κ2) is 7.26. The largest absolute Gasteiger partial charge is 0.387 e. The van der Waals surface area contributed by atoms with E-state index in [0.717, 1.165) is 0 Å². The minimum Gasteiger partial charge on any atom is -0.387 e. The first-order valence-electron chi connectivity index (χ1n) is 6.75. The summed E-state index contributed by atoms with van der Waals surface area (Å²) in [5.41, 5.74) is 0. The molecule has 0 bridgehead atoms. The summed E-state index contributed by atoms with van der Waals surface area (Å²) in [6.45, 7) is 2.86. The average molecular weight is 323 g/mol. The molecule has 2 amide bonds. The monoisotopic (exact) mass is 323 g/mol. The zero-order chi connectivity index (χ0) is 17.1. The van der Waals surface area contributed by atoms with Crippen LogP contribution in [0.3, 0.4) is 0 Å². The molecule has 0 aromatic carbocycles. The van der Waals surface area contributed by atoms with E-state index in [1.807, 2.05) is 5.32 Å². The van der Waals surface area contributed by atoms with Gasteiger partial charge in [-0.25, -0.2) is 4.79 Å². The third kappa shape index (κ3) is 3.51. The molecular weight excluding hydrogens is 302 g/mol. The molecule has 0 spiro atoms. The van der Waals surface area contributed by atoms with Gasteiger partial charge in [0.2, 0.25) is 0 Å². The molecule has 1 fully saturated rings. The van der Waals surface area contributed by atoms with Crippen molar-refractivity contribution in [3.05, 3.63) is 4.91 Å². The van der Waals surface area contributed by atoms with Gasteiger partial charge in [0.25, 0.3) is 0 Å². The van der Waals surface area contributed by atoms with E-state index in [9.17, 15) is 35.2 Å². The summed E-state index contributed by atoms with van der Waals surface area (Å²) >= 11 is 0. The first kappa shape index (κ1) is 18.7. The van der Waals surface area contributed by atoms with Gasteiger partial charge in [0.15, 0.2) is 12.0 Å². The lowest BCUT2D eigenvalue weighted by Crippen LogP contribution is -2.68. The van der Waals surface area contributed by atoms with Crippen molar-refractivity contribution in [3.8, 4) is 0 Å². The summed E-state index contributed by atoms with van der Waals surface area (Å²) < 4.78 is 5.03. The van der Waals surface area contributed by atoms with E-state index in [4.69, 9.17) is 4.74 Å². The van der Waals surface area contributed by atoms with Crippen LogP contribution < -0.4 is 5.32 Å². The molecule has 22 heavy (non-hydrogen) atoms. The molecule has 1 unspecified atom stereocenters. The molecule has 1 aliphatic heterocycles. The Hall–Kier alpha value is -1.37. The Morgan fingerprint density at radius 1 is 1.36 bits per heavy atom. The topological polar surface area (TPSA) is 172 Å². The van der Waals surface area contributed by atoms with Crippen molar-refractivity contribution in [2.45, 2.75) is 56.7 Å². The molecule has 0 radical (unpaired) electrons. The molecule has 0 aliphatic carbocycles. The minimum absolute atomic E-state index is 0.0592. The fourth-order valence-corrected chi connectivity index (χ4v) is 2.09. The molecule has 1 saturated heterocycles. The van der Waals surface area contributed by atoms with Crippen LogP contribution in [0, 0.1) is 4.91 Å². The van der Waals surface area contributed by atoms with Gasteiger partial charge in [0.05, 0.1) is 5.29 Å². The van der Waals surface area contributed by atoms with Crippen molar-refractivity contribution in [1.29, 1.82) is 0 Å². The predicted octanol–water partition coefficient (Wildman–Crippen LogP) is -2.40. The Morgan fingerprint density at radius 2 is 1.95 bits per heavy atom. The maximum Gasteiger partial charge on any atom is 0.342 e. The quantitative estimate of drug-likeness (QED) is 0.184. The molecule has 1 heterocycles. The molecule has 1 rings (SSSR count). The van der Waals surface area contributed by atoms with Crippen molar-refractivity contribution >= 4 is 6.03 Å². The highest BCUT2D eigenvalue weighted by Gasteiger charge is 2.53. The molecule has 6 atom stereocenters. The van der Waals surface area contributed by atoms with E-state index in [0.29, 0.717) is 5.01 Å². The second-order valence-corrected chi connectivity index (χ2v) is 4.90. The molecular formula is C11H21N3O8. The number of nitrogens with one attached hydrogen (secondary N) is 1. The van der Waals surface area contributed by atoms with Gasteiger partial charge in [-0.15, -0.1) is 4.91 Å². The van der Waals surface area contributed by atoms with Crippen molar-refractivity contribution in [3.63, 3.8) is 0 Å². The Kier molecular flexibility index (Phi) is 6.17. The first-order valence-corrected chi connectivity index (χ1v) is 6.75. The average Bonchev–Trinajstić information content (AvgIpc) is 2.50. The molecule has 128 valence electrons. The van der Waals surface area contributed by atoms with E-state index in [1.54, 1.807) is 0 Å². The fraction of sp³-hybridized carbons (Fsp3) is 0.909. The van der Waals surface area contributed by atoms with E-state index < -0.39 is 42.5 Å². The van der Waals surface area contributed by atoms with Gasteiger partial charge in [-0.05, 0) is 6.92 Å². The maximum absolute atomic E-state index is 11.6. The van der Waals surface area contributed by atoms with Gasteiger partial charge in [-0.2, -0.15) is 5.01 Å². The minimum atomic E-state index is -2.21. The Balaban J connectivity index is 2.85. The normalized spacial score (nSPS) is 36.5. The summed E-state index contributed by atoms with van der Waals surface area (Å²) in [6, 6.07) is -1.05. The fourth-order valence-electron chi connectivity index (χ4n) is 2.09. The summed E-state index contributed by atoms with van der Waals surface area (Å²) in [6.07, 6.45) is -9.02. The molecule has 11 nitrogen and oxygen atoms in total. The zero-order valence-corrected chi connectivity index (χ0v) is 12.2. The van der Waals surface area contributed by atoms with Gasteiger partial charge in [-0.3, -0.25) is 0 Å². The number of ether oxygens (including phenoxy) is 1.